The number of hydrogen-bond donors (Lipinski definition) is 1. The Bertz CT molecular complexity index is 873. The van der Waals surface area contributed by atoms with Crippen LogP contribution in [0.5, 0.6) is 0 Å². The van der Waals surface area contributed by atoms with Crippen molar-refractivity contribution in [1.29, 1.82) is 0 Å². The average Bonchev–Trinajstić information content (AvgIpc) is 3.12. The Kier molecular flexibility index (Phi) is 5.41. The summed E-state index contributed by atoms with van der Waals surface area (Å²) in [5.74, 6) is -0.0298. The van der Waals surface area contributed by atoms with E-state index in [2.05, 4.69) is 15.9 Å². The van der Waals surface area contributed by atoms with Gasteiger partial charge in [0.1, 0.15) is 15.8 Å². The summed E-state index contributed by atoms with van der Waals surface area (Å²) in [5, 5.41) is 8.75. The molecule has 1 amide bonds. The third-order valence-corrected chi connectivity index (χ3v) is 5.36. The van der Waals surface area contributed by atoms with Gasteiger partial charge in [0, 0.05) is 22.7 Å². The Hall–Kier alpha value is -1.90. The molecule has 0 unspecified atom stereocenters. The number of aliphatic carboxylic acids is 1. The highest BCUT2D eigenvalue weighted by atomic mass is 79.9. The summed E-state index contributed by atoms with van der Waals surface area (Å²) in [6.07, 6.45) is 1.48. The van der Waals surface area contributed by atoms with E-state index in [1.165, 1.54) is 4.90 Å². The number of hydrogen-bond acceptors (Lipinski definition) is 5. The summed E-state index contributed by atoms with van der Waals surface area (Å²) < 4.78 is 7.11. The van der Waals surface area contributed by atoms with Gasteiger partial charge >= 0.3 is 5.97 Å². The zero-order chi connectivity index (χ0) is 18.0. The first-order valence-corrected chi connectivity index (χ1v) is 9.29. The number of rotatable bonds is 5. The van der Waals surface area contributed by atoms with Crippen molar-refractivity contribution in [2.75, 3.05) is 6.54 Å². The molecule has 0 atom stereocenters. The number of furan rings is 1. The lowest BCUT2D eigenvalue weighted by molar-refractivity contribution is -0.137. The molecule has 1 N–H and O–H groups in total. The molecule has 1 saturated heterocycles. The Labute approximate surface area is 161 Å². The number of thioether (sulfide) groups is 1. The van der Waals surface area contributed by atoms with E-state index < -0.39 is 5.97 Å². The number of carboxylic acids is 1. The molecular weight excluding hydrogens is 426 g/mol. The smallest absolute Gasteiger partial charge is 0.305 e. The van der Waals surface area contributed by atoms with Gasteiger partial charge in [-0.05, 0) is 24.3 Å². The van der Waals surface area contributed by atoms with E-state index >= 15 is 0 Å². The zero-order valence-electron chi connectivity index (χ0n) is 12.8. The van der Waals surface area contributed by atoms with Crippen LogP contribution >= 0.6 is 39.9 Å². The molecule has 1 aliphatic rings. The SMILES string of the molecule is O=C(O)CCN1C(=O)/C(=C\c2ccc(-c3ccc(Br)cc3)o2)SC1=S. The molecule has 3 rings (SSSR count). The molecule has 1 aliphatic heterocycles. The van der Waals surface area contributed by atoms with Crippen LogP contribution in [0.25, 0.3) is 17.4 Å². The highest BCUT2D eigenvalue weighted by Crippen LogP contribution is 2.33. The van der Waals surface area contributed by atoms with Crippen molar-refractivity contribution in [2.45, 2.75) is 6.42 Å². The molecule has 0 bridgehead atoms. The molecule has 128 valence electrons. The fourth-order valence-electron chi connectivity index (χ4n) is 2.23. The van der Waals surface area contributed by atoms with Crippen LogP contribution in [0.4, 0.5) is 0 Å². The maximum absolute atomic E-state index is 12.4. The van der Waals surface area contributed by atoms with E-state index in [1.54, 1.807) is 12.1 Å². The lowest BCUT2D eigenvalue weighted by atomic mass is 10.2. The second-order valence-corrected chi connectivity index (χ2v) is 7.78. The fourth-order valence-corrected chi connectivity index (χ4v) is 3.78. The van der Waals surface area contributed by atoms with Crippen molar-refractivity contribution in [1.82, 2.24) is 4.90 Å². The van der Waals surface area contributed by atoms with E-state index in [0.717, 1.165) is 21.8 Å². The van der Waals surface area contributed by atoms with Crippen molar-refractivity contribution in [2.24, 2.45) is 0 Å². The molecule has 2 heterocycles. The molecule has 8 heteroatoms. The molecule has 2 aromatic rings. The largest absolute Gasteiger partial charge is 0.481 e. The van der Waals surface area contributed by atoms with Gasteiger partial charge in [-0.2, -0.15) is 0 Å². The van der Waals surface area contributed by atoms with Crippen LogP contribution in [-0.4, -0.2) is 32.7 Å². The average molecular weight is 438 g/mol. The van der Waals surface area contributed by atoms with Crippen LogP contribution in [0.2, 0.25) is 0 Å². The number of carboxylic acid groups (broad SMARTS) is 1. The fraction of sp³-hybridized carbons (Fsp3) is 0.118. The van der Waals surface area contributed by atoms with Crippen LogP contribution in [0, 0.1) is 0 Å². The topological polar surface area (TPSA) is 70.8 Å². The first kappa shape index (κ1) is 17.9. The van der Waals surface area contributed by atoms with Crippen LogP contribution in [0.3, 0.4) is 0 Å². The monoisotopic (exact) mass is 437 g/mol. The van der Waals surface area contributed by atoms with Crippen LogP contribution in [-0.2, 0) is 9.59 Å². The lowest BCUT2D eigenvalue weighted by Gasteiger charge is -2.12. The van der Waals surface area contributed by atoms with E-state index in [-0.39, 0.29) is 18.9 Å². The minimum Gasteiger partial charge on any atom is -0.481 e. The Morgan fingerprint density at radius 3 is 2.68 bits per heavy atom. The molecule has 1 aromatic heterocycles. The van der Waals surface area contributed by atoms with E-state index in [0.29, 0.717) is 20.7 Å². The Balaban J connectivity index is 1.77. The first-order chi connectivity index (χ1) is 11.9. The van der Waals surface area contributed by atoms with Gasteiger partial charge in [0.2, 0.25) is 0 Å². The van der Waals surface area contributed by atoms with Gasteiger partial charge in [0.25, 0.3) is 5.91 Å². The molecule has 1 fully saturated rings. The molecule has 1 aromatic carbocycles. The predicted octanol–water partition coefficient (Wildman–Crippen LogP) is 4.39. The van der Waals surface area contributed by atoms with Gasteiger partial charge in [0.05, 0.1) is 11.3 Å². The number of benzene rings is 1. The first-order valence-electron chi connectivity index (χ1n) is 7.27. The van der Waals surface area contributed by atoms with E-state index in [4.69, 9.17) is 21.7 Å². The second-order valence-electron chi connectivity index (χ2n) is 5.19. The molecule has 0 spiro atoms. The highest BCUT2D eigenvalue weighted by molar-refractivity contribution is 9.10. The van der Waals surface area contributed by atoms with Crippen LogP contribution < -0.4 is 0 Å². The minimum atomic E-state index is -0.969. The summed E-state index contributed by atoms with van der Waals surface area (Å²) in [7, 11) is 0. The Morgan fingerprint density at radius 1 is 1.28 bits per heavy atom. The number of nitrogens with zero attached hydrogens (tertiary/aromatic N) is 1. The number of carbonyl (C=O) groups is 2. The zero-order valence-corrected chi connectivity index (χ0v) is 16.0. The third-order valence-electron chi connectivity index (χ3n) is 3.45. The number of halogens is 1. The number of thiocarbonyl (C=S) groups is 1. The maximum Gasteiger partial charge on any atom is 0.305 e. The van der Waals surface area contributed by atoms with Gasteiger partial charge in [-0.1, -0.05) is 52.0 Å². The molecule has 0 aliphatic carbocycles. The summed E-state index contributed by atoms with van der Waals surface area (Å²) in [6.45, 7) is 0.0691. The lowest BCUT2D eigenvalue weighted by Crippen LogP contribution is -2.30. The summed E-state index contributed by atoms with van der Waals surface area (Å²) >= 11 is 9.69. The Morgan fingerprint density at radius 2 is 2.00 bits per heavy atom. The van der Waals surface area contributed by atoms with Gasteiger partial charge in [-0.15, -0.1) is 0 Å². The van der Waals surface area contributed by atoms with Crippen LogP contribution in [0.15, 0.2) is 50.2 Å². The quantitative estimate of drug-likeness (QED) is 0.552. The minimum absolute atomic E-state index is 0.0691. The standard InChI is InChI=1S/C17H12BrNO4S2/c18-11-3-1-10(2-4-11)13-6-5-12(23-13)9-14-16(22)19(17(24)25-14)8-7-15(20)21/h1-6,9H,7-8H2,(H,20,21)/b14-9+. The van der Waals surface area contributed by atoms with Gasteiger partial charge in [0.15, 0.2) is 0 Å². The molecule has 0 radical (unpaired) electrons. The van der Waals surface area contributed by atoms with E-state index in [9.17, 15) is 9.59 Å². The van der Waals surface area contributed by atoms with Gasteiger partial charge < -0.3 is 9.52 Å². The third kappa shape index (κ3) is 4.20. The summed E-state index contributed by atoms with van der Waals surface area (Å²) in [5.41, 5.74) is 0.928. The molecule has 25 heavy (non-hydrogen) atoms. The second kappa shape index (κ2) is 7.55. The van der Waals surface area contributed by atoms with Crippen LogP contribution in [0.1, 0.15) is 12.2 Å². The molecule has 0 saturated carbocycles. The summed E-state index contributed by atoms with van der Waals surface area (Å²) in [4.78, 5) is 24.8. The number of carbonyl (C=O) groups excluding carboxylic acids is 1. The maximum atomic E-state index is 12.4. The highest BCUT2D eigenvalue weighted by Gasteiger charge is 2.32. The van der Waals surface area contributed by atoms with Crippen molar-refractivity contribution in [3.05, 3.63) is 51.5 Å². The molecule has 5 nitrogen and oxygen atoms in total. The summed E-state index contributed by atoms with van der Waals surface area (Å²) in [6, 6.07) is 11.3. The van der Waals surface area contributed by atoms with Gasteiger partial charge in [-0.3, -0.25) is 14.5 Å². The van der Waals surface area contributed by atoms with Crippen molar-refractivity contribution in [3.8, 4) is 11.3 Å². The van der Waals surface area contributed by atoms with E-state index in [1.807, 2.05) is 30.3 Å². The number of amides is 1. The molecular formula is C17H12BrNO4S2. The normalized spacial score (nSPS) is 16.0. The predicted molar refractivity (Wildman–Crippen MR) is 104 cm³/mol. The van der Waals surface area contributed by atoms with Crippen molar-refractivity contribution in [3.63, 3.8) is 0 Å². The van der Waals surface area contributed by atoms with Crippen molar-refractivity contribution >= 4 is 62.2 Å². The van der Waals surface area contributed by atoms with Gasteiger partial charge in [-0.25, -0.2) is 0 Å². The van der Waals surface area contributed by atoms with Crippen molar-refractivity contribution < 1.29 is 19.1 Å².